The molecule has 3 aromatic carbocycles. The van der Waals surface area contributed by atoms with Crippen molar-refractivity contribution >= 4 is 34.8 Å². The summed E-state index contributed by atoms with van der Waals surface area (Å²) in [6, 6.07) is 20.8. The minimum atomic E-state index is -0.274. The number of fused-ring (bicyclic) bond motifs is 1. The molecule has 1 saturated heterocycles. The number of anilines is 2. The van der Waals surface area contributed by atoms with Crippen molar-refractivity contribution in [2.24, 2.45) is 0 Å². The van der Waals surface area contributed by atoms with E-state index in [1.54, 1.807) is 30.3 Å². The van der Waals surface area contributed by atoms with Gasteiger partial charge in [-0.2, -0.15) is 0 Å². The summed E-state index contributed by atoms with van der Waals surface area (Å²) < 4.78 is 5.41. The van der Waals surface area contributed by atoms with Crippen molar-refractivity contribution in [1.29, 1.82) is 0 Å². The number of nitrogens with one attached hydrogen (secondary N) is 2. The van der Waals surface area contributed by atoms with Gasteiger partial charge in [0.25, 0.3) is 11.8 Å². The molecule has 0 radical (unpaired) electrons. The van der Waals surface area contributed by atoms with Crippen molar-refractivity contribution in [2.75, 3.05) is 56.2 Å². The SMILES string of the molecule is O=C(Nc1ccc(N2CCc3ccccc3C2)c(C(=O)NCCCN2CCOCC2)c1)c1cccc(Cl)c1. The predicted molar refractivity (Wildman–Crippen MR) is 151 cm³/mol. The molecule has 2 aliphatic heterocycles. The number of hydrogen-bond acceptors (Lipinski definition) is 5. The maximum Gasteiger partial charge on any atom is 0.255 e. The molecule has 2 aliphatic rings. The van der Waals surface area contributed by atoms with Gasteiger partial charge in [0.2, 0.25) is 0 Å². The second kappa shape index (κ2) is 12.4. The van der Waals surface area contributed by atoms with Crippen molar-refractivity contribution in [3.8, 4) is 0 Å². The van der Waals surface area contributed by atoms with Crippen molar-refractivity contribution in [1.82, 2.24) is 10.2 Å². The van der Waals surface area contributed by atoms with E-state index in [-0.39, 0.29) is 11.8 Å². The van der Waals surface area contributed by atoms with E-state index in [4.69, 9.17) is 16.3 Å². The Balaban J connectivity index is 1.32. The Bertz CT molecular complexity index is 1290. The highest BCUT2D eigenvalue weighted by molar-refractivity contribution is 6.31. The predicted octanol–water partition coefficient (Wildman–Crippen LogP) is 4.61. The van der Waals surface area contributed by atoms with E-state index in [1.807, 2.05) is 12.1 Å². The maximum absolute atomic E-state index is 13.5. The van der Waals surface area contributed by atoms with Gasteiger partial charge in [-0.05, 0) is 66.9 Å². The lowest BCUT2D eigenvalue weighted by molar-refractivity contribution is 0.0374. The van der Waals surface area contributed by atoms with Crippen LogP contribution >= 0.6 is 11.6 Å². The first-order valence-electron chi connectivity index (χ1n) is 13.2. The molecule has 0 aliphatic carbocycles. The van der Waals surface area contributed by atoms with Crippen molar-refractivity contribution in [2.45, 2.75) is 19.4 Å². The number of rotatable bonds is 8. The first-order valence-corrected chi connectivity index (χ1v) is 13.6. The van der Waals surface area contributed by atoms with Crippen LogP contribution in [0.4, 0.5) is 11.4 Å². The zero-order chi connectivity index (χ0) is 26.3. The minimum absolute atomic E-state index is 0.139. The molecule has 3 aromatic rings. The molecule has 2 heterocycles. The average molecular weight is 533 g/mol. The van der Waals surface area contributed by atoms with Gasteiger partial charge in [-0.25, -0.2) is 0 Å². The Morgan fingerprint density at radius 3 is 2.53 bits per heavy atom. The molecule has 7 nitrogen and oxygen atoms in total. The van der Waals surface area contributed by atoms with Crippen LogP contribution in [0.2, 0.25) is 5.02 Å². The lowest BCUT2D eigenvalue weighted by atomic mass is 9.98. The Hall–Kier alpha value is -3.39. The Labute approximate surface area is 228 Å². The van der Waals surface area contributed by atoms with E-state index in [0.29, 0.717) is 28.4 Å². The van der Waals surface area contributed by atoms with Crippen molar-refractivity contribution in [3.63, 3.8) is 0 Å². The Kier molecular flexibility index (Phi) is 8.58. The van der Waals surface area contributed by atoms with E-state index in [9.17, 15) is 9.59 Å². The van der Waals surface area contributed by atoms with Crippen LogP contribution in [0.3, 0.4) is 0 Å². The quantitative estimate of drug-likeness (QED) is 0.415. The molecule has 198 valence electrons. The number of benzene rings is 3. The monoisotopic (exact) mass is 532 g/mol. The second-order valence-electron chi connectivity index (χ2n) is 9.70. The summed E-state index contributed by atoms with van der Waals surface area (Å²) in [5.41, 5.74) is 5.07. The lowest BCUT2D eigenvalue weighted by Gasteiger charge is -2.32. The lowest BCUT2D eigenvalue weighted by Crippen LogP contribution is -2.38. The van der Waals surface area contributed by atoms with Crippen LogP contribution in [0, 0.1) is 0 Å². The van der Waals surface area contributed by atoms with E-state index in [1.165, 1.54) is 11.1 Å². The zero-order valence-electron chi connectivity index (χ0n) is 21.4. The topological polar surface area (TPSA) is 73.9 Å². The first kappa shape index (κ1) is 26.2. The zero-order valence-corrected chi connectivity index (χ0v) is 22.2. The van der Waals surface area contributed by atoms with Crippen LogP contribution in [-0.4, -0.2) is 62.7 Å². The highest BCUT2D eigenvalue weighted by atomic mass is 35.5. The smallest absolute Gasteiger partial charge is 0.255 e. The van der Waals surface area contributed by atoms with Crippen LogP contribution in [0.15, 0.2) is 66.7 Å². The number of carbonyl (C=O) groups excluding carboxylic acids is 2. The molecule has 0 spiro atoms. The molecule has 38 heavy (non-hydrogen) atoms. The number of ether oxygens (including phenoxy) is 1. The Morgan fingerprint density at radius 2 is 1.71 bits per heavy atom. The number of morpholine rings is 1. The molecule has 5 rings (SSSR count). The summed E-state index contributed by atoms with van der Waals surface area (Å²) in [5, 5.41) is 6.52. The molecular formula is C30H33ClN4O3. The fourth-order valence-electron chi connectivity index (χ4n) is 5.03. The van der Waals surface area contributed by atoms with Crippen LogP contribution in [0.25, 0.3) is 0 Å². The van der Waals surface area contributed by atoms with Gasteiger partial charge in [-0.3, -0.25) is 14.5 Å². The molecule has 0 bridgehead atoms. The molecule has 0 unspecified atom stereocenters. The van der Waals surface area contributed by atoms with Gasteiger partial charge in [-0.15, -0.1) is 0 Å². The Morgan fingerprint density at radius 1 is 0.895 bits per heavy atom. The third kappa shape index (κ3) is 6.54. The third-order valence-corrected chi connectivity index (χ3v) is 7.33. The average Bonchev–Trinajstić information content (AvgIpc) is 2.95. The summed E-state index contributed by atoms with van der Waals surface area (Å²) in [6.07, 6.45) is 1.79. The summed E-state index contributed by atoms with van der Waals surface area (Å²) >= 11 is 6.06. The maximum atomic E-state index is 13.5. The number of nitrogens with zero attached hydrogens (tertiary/aromatic N) is 2. The molecule has 1 fully saturated rings. The third-order valence-electron chi connectivity index (χ3n) is 7.10. The highest BCUT2D eigenvalue weighted by Gasteiger charge is 2.22. The summed E-state index contributed by atoms with van der Waals surface area (Å²) in [5.74, 6) is -0.413. The molecule has 0 aromatic heterocycles. The van der Waals surface area contributed by atoms with Gasteiger partial charge < -0.3 is 20.3 Å². The van der Waals surface area contributed by atoms with E-state index in [2.05, 4.69) is 44.7 Å². The van der Waals surface area contributed by atoms with Gasteiger partial charge in [0.05, 0.1) is 18.8 Å². The minimum Gasteiger partial charge on any atom is -0.379 e. The van der Waals surface area contributed by atoms with Crippen LogP contribution in [0.5, 0.6) is 0 Å². The second-order valence-corrected chi connectivity index (χ2v) is 10.1. The molecule has 0 saturated carbocycles. The van der Waals surface area contributed by atoms with E-state index < -0.39 is 0 Å². The van der Waals surface area contributed by atoms with Gasteiger partial charge >= 0.3 is 0 Å². The van der Waals surface area contributed by atoms with Gasteiger partial charge in [0.15, 0.2) is 0 Å². The van der Waals surface area contributed by atoms with Crippen LogP contribution < -0.4 is 15.5 Å². The number of amides is 2. The number of carbonyl (C=O) groups is 2. The summed E-state index contributed by atoms with van der Waals surface area (Å²) in [6.45, 7) is 6.47. The van der Waals surface area contributed by atoms with E-state index >= 15 is 0 Å². The normalized spacial score (nSPS) is 15.6. The highest BCUT2D eigenvalue weighted by Crippen LogP contribution is 2.30. The number of halogens is 1. The van der Waals surface area contributed by atoms with Crippen molar-refractivity contribution < 1.29 is 14.3 Å². The standard InChI is InChI=1S/C30H33ClN4O3/c31-25-8-3-7-23(19-25)29(36)33-26-9-10-28(35-14-11-22-5-1-2-6-24(22)21-35)27(20-26)30(37)32-12-4-13-34-15-17-38-18-16-34/h1-3,5-10,19-20H,4,11-18,21H2,(H,32,37)(H,33,36). The summed E-state index contributed by atoms with van der Waals surface area (Å²) in [4.78, 5) is 30.9. The fourth-order valence-corrected chi connectivity index (χ4v) is 5.22. The molecule has 8 heteroatoms. The van der Waals surface area contributed by atoms with Gasteiger partial charge in [-0.1, -0.05) is 41.9 Å². The fraction of sp³-hybridized carbons (Fsp3) is 0.333. The van der Waals surface area contributed by atoms with Crippen LogP contribution in [-0.2, 0) is 17.7 Å². The molecule has 0 atom stereocenters. The first-order chi connectivity index (χ1) is 18.6. The van der Waals surface area contributed by atoms with E-state index in [0.717, 1.165) is 64.5 Å². The van der Waals surface area contributed by atoms with Gasteiger partial charge in [0, 0.05) is 54.7 Å². The van der Waals surface area contributed by atoms with Gasteiger partial charge in [0.1, 0.15) is 0 Å². The largest absolute Gasteiger partial charge is 0.379 e. The van der Waals surface area contributed by atoms with Crippen molar-refractivity contribution in [3.05, 3.63) is 94.0 Å². The molecular weight excluding hydrogens is 500 g/mol. The number of hydrogen-bond donors (Lipinski definition) is 2. The van der Waals surface area contributed by atoms with Crippen LogP contribution in [0.1, 0.15) is 38.3 Å². The molecule has 2 N–H and O–H groups in total. The summed E-state index contributed by atoms with van der Waals surface area (Å²) in [7, 11) is 0. The molecule has 2 amide bonds.